The molecule has 3 aromatic heterocycles. The smallest absolute Gasteiger partial charge is 0.162 e. The van der Waals surface area contributed by atoms with Crippen molar-refractivity contribution in [1.82, 2.24) is 19.1 Å². The van der Waals surface area contributed by atoms with Crippen LogP contribution in [0.3, 0.4) is 0 Å². The first-order valence-corrected chi connectivity index (χ1v) is 15.7. The summed E-state index contributed by atoms with van der Waals surface area (Å²) in [5.74, 6) is 1.51. The van der Waals surface area contributed by atoms with Gasteiger partial charge in [0.1, 0.15) is 5.82 Å². The summed E-state index contributed by atoms with van der Waals surface area (Å²) in [6.45, 7) is 0. The molecule has 0 radical (unpaired) electrons. The lowest BCUT2D eigenvalue weighted by Crippen LogP contribution is -2.03. The fourth-order valence-corrected chi connectivity index (χ4v) is 7.12. The average molecular weight is 642 g/mol. The predicted octanol–water partition coefficient (Wildman–Crippen LogP) is 10.8. The van der Waals surface area contributed by atoms with Gasteiger partial charge in [-0.15, -0.1) is 0 Å². The van der Waals surface area contributed by atoms with Crippen LogP contribution in [0.2, 0.25) is 0 Å². The summed E-state index contributed by atoms with van der Waals surface area (Å²) in [6, 6.07) is 53.1. The van der Waals surface area contributed by atoms with E-state index in [2.05, 4.69) is 159 Å². The highest BCUT2D eigenvalue weighted by Gasteiger charge is 2.18. The maximum atomic E-state index is 5.18. The Hall–Kier alpha value is -5.52. The van der Waals surface area contributed by atoms with Gasteiger partial charge in [-0.2, -0.15) is 0 Å². The van der Waals surface area contributed by atoms with Gasteiger partial charge in [0.05, 0.1) is 27.8 Å². The molecule has 0 aliphatic carbocycles. The van der Waals surface area contributed by atoms with E-state index in [-0.39, 0.29) is 0 Å². The van der Waals surface area contributed by atoms with Crippen molar-refractivity contribution in [1.29, 1.82) is 0 Å². The number of halogens is 1. The molecule has 0 unspecified atom stereocenters. The van der Waals surface area contributed by atoms with Crippen LogP contribution in [0, 0.1) is 0 Å². The molecule has 9 aromatic rings. The van der Waals surface area contributed by atoms with E-state index in [1.165, 1.54) is 32.6 Å². The first kappa shape index (κ1) is 25.9. The Balaban J connectivity index is 1.32. The van der Waals surface area contributed by atoms with Gasteiger partial charge in [0.2, 0.25) is 0 Å². The fraction of sp³-hybridized carbons (Fsp3) is 0. The number of nitrogens with zero attached hydrogens (tertiary/aromatic N) is 4. The predicted molar refractivity (Wildman–Crippen MR) is 189 cm³/mol. The number of fused-ring (bicyclic) bond motifs is 6. The van der Waals surface area contributed by atoms with E-state index < -0.39 is 0 Å². The molecule has 212 valence electrons. The number of para-hydroxylation sites is 4. The van der Waals surface area contributed by atoms with Crippen LogP contribution in [-0.2, 0) is 0 Å². The Morgan fingerprint density at radius 2 is 0.911 bits per heavy atom. The van der Waals surface area contributed by atoms with Gasteiger partial charge in [-0.25, -0.2) is 9.97 Å². The van der Waals surface area contributed by atoms with Gasteiger partial charge in [-0.1, -0.05) is 119 Å². The minimum Gasteiger partial charge on any atom is -0.309 e. The van der Waals surface area contributed by atoms with Crippen LogP contribution < -0.4 is 0 Å². The Morgan fingerprint density at radius 3 is 1.47 bits per heavy atom. The van der Waals surface area contributed by atoms with Gasteiger partial charge in [-0.3, -0.25) is 4.57 Å². The molecule has 0 aliphatic heterocycles. The van der Waals surface area contributed by atoms with Gasteiger partial charge >= 0.3 is 0 Å². The normalized spacial score (nSPS) is 11.7. The molecule has 0 fully saturated rings. The molecule has 9 rings (SSSR count). The molecule has 4 nitrogen and oxygen atoms in total. The molecule has 0 saturated carbocycles. The van der Waals surface area contributed by atoms with Crippen LogP contribution in [0.25, 0.3) is 77.8 Å². The van der Waals surface area contributed by atoms with Crippen molar-refractivity contribution in [2.75, 3.05) is 0 Å². The Bertz CT molecular complexity index is 2450. The highest BCUT2D eigenvalue weighted by molar-refractivity contribution is 9.10. The summed E-state index contributed by atoms with van der Waals surface area (Å²) in [5.41, 5.74) is 8.45. The van der Waals surface area contributed by atoms with Crippen LogP contribution in [0.4, 0.5) is 0 Å². The second kappa shape index (κ2) is 10.3. The zero-order valence-corrected chi connectivity index (χ0v) is 25.7. The van der Waals surface area contributed by atoms with E-state index >= 15 is 0 Å². The maximum absolute atomic E-state index is 5.18. The number of hydrogen-bond acceptors (Lipinski definition) is 2. The molecule has 0 aliphatic rings. The first-order chi connectivity index (χ1) is 22.2. The third-order valence-electron chi connectivity index (χ3n) is 8.57. The van der Waals surface area contributed by atoms with Crippen LogP contribution in [-0.4, -0.2) is 19.1 Å². The standard InChI is InChI=1S/C40H25BrN4/c41-28-22-27(23-29(24-28)44-35-18-8-4-14-30(35)31-15-5-9-19-36(31)44)34-25-39(43-40(42-34)26-12-2-1-3-13-26)45-37-20-10-6-16-32(37)33-17-7-11-21-38(33)45/h1-25H. The topological polar surface area (TPSA) is 35.6 Å². The van der Waals surface area contributed by atoms with Gasteiger partial charge in [0, 0.05) is 48.9 Å². The molecule has 6 aromatic carbocycles. The van der Waals surface area contributed by atoms with E-state index in [9.17, 15) is 0 Å². The van der Waals surface area contributed by atoms with Crippen LogP contribution >= 0.6 is 15.9 Å². The van der Waals surface area contributed by atoms with Crippen LogP contribution in [0.1, 0.15) is 0 Å². The second-order valence-corrected chi connectivity index (χ2v) is 12.2. The average Bonchev–Trinajstić information content (AvgIpc) is 3.61. The first-order valence-electron chi connectivity index (χ1n) is 15.0. The molecule has 0 bridgehead atoms. The number of rotatable bonds is 4. The van der Waals surface area contributed by atoms with Gasteiger partial charge in [0.15, 0.2) is 5.82 Å². The van der Waals surface area contributed by atoms with Crippen molar-refractivity contribution in [3.8, 4) is 34.2 Å². The van der Waals surface area contributed by atoms with E-state index in [1.807, 2.05) is 18.2 Å². The van der Waals surface area contributed by atoms with Gasteiger partial charge in [0.25, 0.3) is 0 Å². The van der Waals surface area contributed by atoms with E-state index in [0.29, 0.717) is 5.82 Å². The van der Waals surface area contributed by atoms with E-state index in [1.54, 1.807) is 0 Å². The minimum atomic E-state index is 0.684. The molecule has 0 N–H and O–H groups in total. The molecule has 3 heterocycles. The Labute approximate surface area is 268 Å². The lowest BCUT2D eigenvalue weighted by atomic mass is 10.1. The highest BCUT2D eigenvalue weighted by atomic mass is 79.9. The lowest BCUT2D eigenvalue weighted by Gasteiger charge is -2.14. The summed E-state index contributed by atoms with van der Waals surface area (Å²) < 4.78 is 5.58. The molecule has 0 saturated heterocycles. The van der Waals surface area contributed by atoms with Crippen LogP contribution in [0.5, 0.6) is 0 Å². The molecule has 0 amide bonds. The number of aromatic nitrogens is 4. The zero-order valence-electron chi connectivity index (χ0n) is 24.1. The van der Waals surface area contributed by atoms with Crippen molar-refractivity contribution >= 4 is 59.5 Å². The van der Waals surface area contributed by atoms with Crippen molar-refractivity contribution in [2.24, 2.45) is 0 Å². The van der Waals surface area contributed by atoms with E-state index in [4.69, 9.17) is 9.97 Å². The minimum absolute atomic E-state index is 0.684. The molecule has 0 spiro atoms. The summed E-state index contributed by atoms with van der Waals surface area (Å²) in [6.07, 6.45) is 0. The molecule has 45 heavy (non-hydrogen) atoms. The van der Waals surface area contributed by atoms with Gasteiger partial charge < -0.3 is 4.57 Å². The maximum Gasteiger partial charge on any atom is 0.162 e. The number of hydrogen-bond donors (Lipinski definition) is 0. The zero-order chi connectivity index (χ0) is 29.9. The molecular weight excluding hydrogens is 616 g/mol. The quantitative estimate of drug-likeness (QED) is 0.192. The Morgan fingerprint density at radius 1 is 0.422 bits per heavy atom. The third-order valence-corrected chi connectivity index (χ3v) is 9.03. The lowest BCUT2D eigenvalue weighted by molar-refractivity contribution is 1.05. The monoisotopic (exact) mass is 640 g/mol. The summed E-state index contributed by atoms with van der Waals surface area (Å²) in [4.78, 5) is 10.4. The number of benzene rings is 6. The van der Waals surface area contributed by atoms with Gasteiger partial charge in [-0.05, 0) is 42.5 Å². The van der Waals surface area contributed by atoms with Crippen molar-refractivity contribution in [2.45, 2.75) is 0 Å². The highest BCUT2D eigenvalue weighted by Crippen LogP contribution is 2.37. The van der Waals surface area contributed by atoms with E-state index in [0.717, 1.165) is 43.8 Å². The Kier molecular flexibility index (Phi) is 5.93. The summed E-state index contributed by atoms with van der Waals surface area (Å²) in [5, 5.41) is 4.87. The molecular formula is C40H25BrN4. The SMILES string of the molecule is Brc1cc(-c2cc(-n3c4ccccc4c4ccccc43)nc(-c3ccccc3)n2)cc(-n2c3ccccc3c3ccccc32)c1. The molecule has 0 atom stereocenters. The summed E-state index contributed by atoms with van der Waals surface area (Å²) >= 11 is 3.85. The largest absolute Gasteiger partial charge is 0.309 e. The fourth-order valence-electron chi connectivity index (χ4n) is 6.63. The summed E-state index contributed by atoms with van der Waals surface area (Å²) in [7, 11) is 0. The van der Waals surface area contributed by atoms with Crippen LogP contribution in [0.15, 0.2) is 156 Å². The van der Waals surface area contributed by atoms with Crippen molar-refractivity contribution < 1.29 is 0 Å². The molecule has 5 heteroatoms. The van der Waals surface area contributed by atoms with Crippen molar-refractivity contribution in [3.63, 3.8) is 0 Å². The second-order valence-electron chi connectivity index (χ2n) is 11.2. The van der Waals surface area contributed by atoms with Crippen molar-refractivity contribution in [3.05, 3.63) is 156 Å². The third kappa shape index (κ3) is 4.20.